The summed E-state index contributed by atoms with van der Waals surface area (Å²) in [4.78, 5) is 2.43. The lowest BCUT2D eigenvalue weighted by atomic mass is 9.75. The van der Waals surface area contributed by atoms with Gasteiger partial charge in [0.25, 0.3) is 0 Å². The van der Waals surface area contributed by atoms with Crippen LogP contribution in [-0.2, 0) is 4.74 Å². The first-order chi connectivity index (χ1) is 10.8. The number of β-amino-alcohol motifs (C(OH)–C–C–N with tert-alkyl or cyclic N) is 1. The summed E-state index contributed by atoms with van der Waals surface area (Å²) in [5.41, 5.74) is 0. The normalized spacial score (nSPS) is 36.4. The molecular weight excluding hydrogens is 298 g/mol. The molecular formula is C21H43NO2. The van der Waals surface area contributed by atoms with Crippen LogP contribution < -0.4 is 0 Å². The molecule has 0 aromatic rings. The van der Waals surface area contributed by atoms with E-state index in [0.717, 1.165) is 43.8 Å². The topological polar surface area (TPSA) is 32.7 Å². The van der Waals surface area contributed by atoms with Crippen LogP contribution in [0.1, 0.15) is 67.7 Å². The van der Waals surface area contributed by atoms with E-state index in [1.54, 1.807) is 0 Å². The summed E-state index contributed by atoms with van der Waals surface area (Å²) in [5.74, 6) is 3.59. The molecule has 0 bridgehead atoms. The van der Waals surface area contributed by atoms with Crippen LogP contribution in [0.15, 0.2) is 0 Å². The van der Waals surface area contributed by atoms with Gasteiger partial charge < -0.3 is 14.7 Å². The molecule has 24 heavy (non-hydrogen) atoms. The number of aliphatic hydroxyl groups is 1. The maximum Gasteiger partial charge on any atom is 0.0900 e. The molecule has 6 unspecified atom stereocenters. The van der Waals surface area contributed by atoms with Crippen LogP contribution in [0.25, 0.3) is 0 Å². The number of aliphatic hydroxyl groups excluding tert-OH is 1. The monoisotopic (exact) mass is 341 g/mol. The summed E-state index contributed by atoms with van der Waals surface area (Å²) in [6, 6.07) is 0. The number of piperidine rings is 1. The van der Waals surface area contributed by atoms with Gasteiger partial charge in [0.15, 0.2) is 0 Å². The SMILES string of the molecule is C.CC1CCC(C(C)C)C(OCC(O)CN2CC(C)CC(C)C2)C1. The van der Waals surface area contributed by atoms with Crippen molar-refractivity contribution in [1.29, 1.82) is 0 Å². The lowest BCUT2D eigenvalue weighted by Gasteiger charge is -2.38. The molecule has 3 heteroatoms. The summed E-state index contributed by atoms with van der Waals surface area (Å²) >= 11 is 0. The highest BCUT2D eigenvalue weighted by molar-refractivity contribution is 4.82. The van der Waals surface area contributed by atoms with Crippen molar-refractivity contribution in [3.05, 3.63) is 0 Å². The molecule has 0 aromatic heterocycles. The maximum absolute atomic E-state index is 10.4. The van der Waals surface area contributed by atoms with E-state index < -0.39 is 0 Å². The fraction of sp³-hybridized carbons (Fsp3) is 1.00. The van der Waals surface area contributed by atoms with E-state index in [1.165, 1.54) is 19.3 Å². The fourth-order valence-corrected chi connectivity index (χ4v) is 4.83. The zero-order valence-corrected chi connectivity index (χ0v) is 16.0. The molecule has 0 radical (unpaired) electrons. The molecule has 1 N–H and O–H groups in total. The van der Waals surface area contributed by atoms with Gasteiger partial charge in [0, 0.05) is 19.6 Å². The number of hydrogen-bond acceptors (Lipinski definition) is 3. The number of nitrogens with zero attached hydrogens (tertiary/aromatic N) is 1. The van der Waals surface area contributed by atoms with Gasteiger partial charge in [-0.3, -0.25) is 0 Å². The van der Waals surface area contributed by atoms with Crippen LogP contribution in [0.2, 0.25) is 0 Å². The Morgan fingerprint density at radius 3 is 2.21 bits per heavy atom. The molecule has 1 saturated heterocycles. The first-order valence-corrected chi connectivity index (χ1v) is 9.87. The Labute approximate surface area is 151 Å². The minimum absolute atomic E-state index is 0. The summed E-state index contributed by atoms with van der Waals surface area (Å²) in [7, 11) is 0. The van der Waals surface area contributed by atoms with Crippen molar-refractivity contribution in [3.8, 4) is 0 Å². The molecule has 1 aliphatic carbocycles. The van der Waals surface area contributed by atoms with Gasteiger partial charge in [0.1, 0.15) is 0 Å². The predicted molar refractivity (Wildman–Crippen MR) is 103 cm³/mol. The first kappa shape index (κ1) is 21.9. The highest BCUT2D eigenvalue weighted by Gasteiger charge is 2.32. The third-order valence-electron chi connectivity index (χ3n) is 5.88. The van der Waals surface area contributed by atoms with E-state index >= 15 is 0 Å². The van der Waals surface area contributed by atoms with Crippen LogP contribution in [0.3, 0.4) is 0 Å². The average Bonchev–Trinajstić information content (AvgIpc) is 2.43. The molecule has 0 amide bonds. The van der Waals surface area contributed by atoms with Gasteiger partial charge in [-0.2, -0.15) is 0 Å². The average molecular weight is 342 g/mol. The van der Waals surface area contributed by atoms with E-state index in [1.807, 2.05) is 0 Å². The zero-order chi connectivity index (χ0) is 17.0. The molecule has 2 fully saturated rings. The largest absolute Gasteiger partial charge is 0.389 e. The van der Waals surface area contributed by atoms with E-state index in [0.29, 0.717) is 24.5 Å². The Morgan fingerprint density at radius 2 is 1.62 bits per heavy atom. The van der Waals surface area contributed by atoms with E-state index in [2.05, 4.69) is 39.5 Å². The minimum atomic E-state index is -0.349. The van der Waals surface area contributed by atoms with Gasteiger partial charge in [-0.1, -0.05) is 48.5 Å². The molecule has 2 aliphatic rings. The second-order valence-electron chi connectivity index (χ2n) is 9.02. The number of hydrogen-bond donors (Lipinski definition) is 1. The Kier molecular flexibility index (Phi) is 9.25. The van der Waals surface area contributed by atoms with E-state index in [4.69, 9.17) is 4.74 Å². The van der Waals surface area contributed by atoms with E-state index in [9.17, 15) is 5.11 Å². The molecule has 144 valence electrons. The third kappa shape index (κ3) is 6.65. The van der Waals surface area contributed by atoms with Crippen LogP contribution >= 0.6 is 0 Å². The second kappa shape index (κ2) is 10.1. The van der Waals surface area contributed by atoms with Crippen LogP contribution in [0, 0.1) is 29.6 Å². The van der Waals surface area contributed by atoms with Crippen molar-refractivity contribution in [1.82, 2.24) is 4.90 Å². The summed E-state index contributed by atoms with van der Waals surface area (Å²) in [5, 5.41) is 10.4. The molecule has 0 spiro atoms. The van der Waals surface area contributed by atoms with Crippen molar-refractivity contribution >= 4 is 0 Å². The van der Waals surface area contributed by atoms with Crippen LogP contribution in [-0.4, -0.2) is 48.5 Å². The smallest absolute Gasteiger partial charge is 0.0900 e. The maximum atomic E-state index is 10.4. The lowest BCUT2D eigenvalue weighted by molar-refractivity contribution is -0.0761. The van der Waals surface area contributed by atoms with Gasteiger partial charge in [-0.15, -0.1) is 0 Å². The van der Waals surface area contributed by atoms with Gasteiger partial charge in [0.05, 0.1) is 18.8 Å². The minimum Gasteiger partial charge on any atom is -0.389 e. The quantitative estimate of drug-likeness (QED) is 0.775. The van der Waals surface area contributed by atoms with Crippen LogP contribution in [0.4, 0.5) is 0 Å². The number of ether oxygens (including phenoxy) is 1. The van der Waals surface area contributed by atoms with Crippen molar-refractivity contribution in [2.75, 3.05) is 26.2 Å². The molecule has 1 heterocycles. The third-order valence-corrected chi connectivity index (χ3v) is 5.88. The lowest BCUT2D eigenvalue weighted by Crippen LogP contribution is -2.44. The van der Waals surface area contributed by atoms with Crippen molar-refractivity contribution < 1.29 is 9.84 Å². The Balaban J connectivity index is 0.00000288. The van der Waals surface area contributed by atoms with Gasteiger partial charge in [-0.25, -0.2) is 0 Å². The first-order valence-electron chi connectivity index (χ1n) is 9.87. The standard InChI is InChI=1S/C20H39NO2.CH4/c1-14(2)19-7-6-15(3)9-20(19)23-13-18(22)12-21-10-16(4)8-17(5)11-21;/h14-20,22H,6-13H2,1-5H3;1H4. The zero-order valence-electron chi connectivity index (χ0n) is 16.0. The van der Waals surface area contributed by atoms with Crippen molar-refractivity contribution in [2.45, 2.75) is 79.9 Å². The number of likely N-dealkylation sites (tertiary alicyclic amines) is 1. The molecule has 6 atom stereocenters. The van der Waals surface area contributed by atoms with Crippen molar-refractivity contribution in [2.24, 2.45) is 29.6 Å². The molecule has 1 saturated carbocycles. The highest BCUT2D eigenvalue weighted by Crippen LogP contribution is 2.35. The van der Waals surface area contributed by atoms with Gasteiger partial charge in [-0.05, 0) is 48.9 Å². The number of rotatable bonds is 6. The molecule has 3 nitrogen and oxygen atoms in total. The van der Waals surface area contributed by atoms with E-state index in [-0.39, 0.29) is 13.5 Å². The Hall–Kier alpha value is -0.120. The molecule has 0 aromatic carbocycles. The van der Waals surface area contributed by atoms with Gasteiger partial charge in [0.2, 0.25) is 0 Å². The Morgan fingerprint density at radius 1 is 1.00 bits per heavy atom. The van der Waals surface area contributed by atoms with Crippen LogP contribution in [0.5, 0.6) is 0 Å². The Bertz CT molecular complexity index is 337. The fourth-order valence-electron chi connectivity index (χ4n) is 4.83. The highest BCUT2D eigenvalue weighted by atomic mass is 16.5. The van der Waals surface area contributed by atoms with Gasteiger partial charge >= 0.3 is 0 Å². The predicted octanol–water partition coefficient (Wildman–Crippen LogP) is 4.44. The second-order valence-corrected chi connectivity index (χ2v) is 9.02. The summed E-state index contributed by atoms with van der Waals surface area (Å²) in [6.45, 7) is 15.1. The summed E-state index contributed by atoms with van der Waals surface area (Å²) in [6.07, 6.45) is 5.08. The van der Waals surface area contributed by atoms with Crippen molar-refractivity contribution in [3.63, 3.8) is 0 Å². The molecule has 2 rings (SSSR count). The molecule has 1 aliphatic heterocycles. The summed E-state index contributed by atoms with van der Waals surface area (Å²) < 4.78 is 6.21.